The lowest BCUT2D eigenvalue weighted by molar-refractivity contribution is 0.0999. The van der Waals surface area contributed by atoms with Crippen molar-refractivity contribution in [3.8, 4) is 11.5 Å². The standard InChI is InChI=1S/C26H16N2O3/c29-25(23-15-17-8-2-6-12-21(17)30-23)27-20-11-5-4-10-19(20)26-28-24-18-9-3-1-7-16(18)13-14-22(24)31-26/h1-15H,(H,27,29). The maximum Gasteiger partial charge on any atom is 0.291 e. The summed E-state index contributed by atoms with van der Waals surface area (Å²) in [6, 6.07) is 28.7. The fourth-order valence-electron chi connectivity index (χ4n) is 3.83. The number of anilines is 1. The number of benzene rings is 4. The van der Waals surface area contributed by atoms with Crippen LogP contribution in [0.15, 0.2) is 99.8 Å². The van der Waals surface area contributed by atoms with E-state index in [2.05, 4.69) is 5.32 Å². The number of nitrogens with one attached hydrogen (secondary N) is 1. The number of carbonyl (C=O) groups excluding carboxylic acids is 1. The van der Waals surface area contributed by atoms with E-state index in [1.165, 1.54) is 0 Å². The average Bonchev–Trinajstić information content (AvgIpc) is 3.44. The highest BCUT2D eigenvalue weighted by Crippen LogP contribution is 2.33. The topological polar surface area (TPSA) is 68.3 Å². The van der Waals surface area contributed by atoms with Crippen molar-refractivity contribution in [2.75, 3.05) is 5.32 Å². The Morgan fingerprint density at radius 1 is 0.742 bits per heavy atom. The van der Waals surface area contributed by atoms with E-state index >= 15 is 0 Å². The minimum atomic E-state index is -0.329. The van der Waals surface area contributed by atoms with E-state index in [4.69, 9.17) is 13.8 Å². The highest BCUT2D eigenvalue weighted by atomic mass is 16.4. The van der Waals surface area contributed by atoms with Gasteiger partial charge in [-0.25, -0.2) is 4.98 Å². The summed E-state index contributed by atoms with van der Waals surface area (Å²) in [5.74, 6) is 0.372. The smallest absolute Gasteiger partial charge is 0.291 e. The maximum atomic E-state index is 12.9. The van der Waals surface area contributed by atoms with E-state index in [1.54, 1.807) is 6.07 Å². The molecule has 0 saturated carbocycles. The molecule has 1 N–H and O–H groups in total. The van der Waals surface area contributed by atoms with Crippen molar-refractivity contribution in [3.05, 3.63) is 96.8 Å². The number of para-hydroxylation sites is 2. The fraction of sp³-hybridized carbons (Fsp3) is 0. The third kappa shape index (κ3) is 2.95. The summed E-state index contributed by atoms with van der Waals surface area (Å²) in [4.78, 5) is 17.6. The third-order valence-corrected chi connectivity index (χ3v) is 5.34. The molecule has 0 aliphatic heterocycles. The van der Waals surface area contributed by atoms with Crippen LogP contribution in [0, 0.1) is 0 Å². The van der Waals surface area contributed by atoms with E-state index in [9.17, 15) is 4.79 Å². The molecule has 0 aliphatic rings. The first-order valence-electron chi connectivity index (χ1n) is 9.94. The van der Waals surface area contributed by atoms with Gasteiger partial charge in [0.1, 0.15) is 11.1 Å². The highest BCUT2D eigenvalue weighted by molar-refractivity contribution is 6.07. The Hall–Kier alpha value is -4.38. The van der Waals surface area contributed by atoms with Crippen molar-refractivity contribution >= 4 is 44.4 Å². The van der Waals surface area contributed by atoms with Gasteiger partial charge in [-0.1, -0.05) is 60.7 Å². The van der Waals surface area contributed by atoms with E-state index < -0.39 is 0 Å². The number of oxazole rings is 1. The Balaban J connectivity index is 1.40. The van der Waals surface area contributed by atoms with Gasteiger partial charge < -0.3 is 14.2 Å². The van der Waals surface area contributed by atoms with E-state index in [0.717, 1.165) is 21.7 Å². The quantitative estimate of drug-likeness (QED) is 0.359. The highest BCUT2D eigenvalue weighted by Gasteiger charge is 2.18. The number of nitrogens with zero attached hydrogens (tertiary/aromatic N) is 1. The van der Waals surface area contributed by atoms with Crippen LogP contribution >= 0.6 is 0 Å². The van der Waals surface area contributed by atoms with Gasteiger partial charge in [-0.05, 0) is 35.7 Å². The number of hydrogen-bond acceptors (Lipinski definition) is 4. The van der Waals surface area contributed by atoms with Crippen molar-refractivity contribution in [3.63, 3.8) is 0 Å². The SMILES string of the molecule is O=C(Nc1ccccc1-c1nc2c(ccc3ccccc32)o1)c1cc2ccccc2o1. The van der Waals surface area contributed by atoms with Crippen molar-refractivity contribution in [2.45, 2.75) is 0 Å². The Bertz CT molecular complexity index is 1560. The van der Waals surface area contributed by atoms with E-state index in [1.807, 2.05) is 84.9 Å². The normalized spacial score (nSPS) is 11.4. The number of rotatable bonds is 3. The van der Waals surface area contributed by atoms with Crippen LogP contribution in [0.5, 0.6) is 0 Å². The lowest BCUT2D eigenvalue weighted by Gasteiger charge is -2.07. The summed E-state index contributed by atoms with van der Waals surface area (Å²) >= 11 is 0. The maximum absolute atomic E-state index is 12.9. The third-order valence-electron chi connectivity index (χ3n) is 5.34. The van der Waals surface area contributed by atoms with Crippen LogP contribution in [-0.4, -0.2) is 10.9 Å². The largest absolute Gasteiger partial charge is 0.451 e. The molecular weight excluding hydrogens is 388 g/mol. The summed E-state index contributed by atoms with van der Waals surface area (Å²) < 4.78 is 11.7. The van der Waals surface area contributed by atoms with Crippen molar-refractivity contribution in [2.24, 2.45) is 0 Å². The van der Waals surface area contributed by atoms with Gasteiger partial charge in [0, 0.05) is 10.8 Å². The molecule has 1 amide bonds. The molecule has 0 atom stereocenters. The zero-order chi connectivity index (χ0) is 20.8. The van der Waals surface area contributed by atoms with Gasteiger partial charge in [0.15, 0.2) is 11.3 Å². The Labute approximate surface area is 176 Å². The number of hydrogen-bond donors (Lipinski definition) is 1. The summed E-state index contributed by atoms with van der Waals surface area (Å²) in [7, 11) is 0. The number of aromatic nitrogens is 1. The van der Waals surface area contributed by atoms with Crippen LogP contribution in [0.25, 0.3) is 44.3 Å². The number of furan rings is 1. The van der Waals surface area contributed by atoms with Crippen LogP contribution in [0.1, 0.15) is 10.6 Å². The second-order valence-electron chi connectivity index (χ2n) is 7.30. The first kappa shape index (κ1) is 17.5. The van der Waals surface area contributed by atoms with Crippen molar-refractivity contribution < 1.29 is 13.6 Å². The van der Waals surface area contributed by atoms with Crippen LogP contribution in [-0.2, 0) is 0 Å². The van der Waals surface area contributed by atoms with Crippen LogP contribution in [0.2, 0.25) is 0 Å². The average molecular weight is 404 g/mol. The van der Waals surface area contributed by atoms with Gasteiger partial charge in [-0.3, -0.25) is 4.79 Å². The molecule has 4 aromatic carbocycles. The minimum Gasteiger partial charge on any atom is -0.451 e. The molecule has 2 aromatic heterocycles. The van der Waals surface area contributed by atoms with Gasteiger partial charge in [0.25, 0.3) is 5.91 Å². The Morgan fingerprint density at radius 3 is 2.42 bits per heavy atom. The van der Waals surface area contributed by atoms with Crippen LogP contribution in [0.3, 0.4) is 0 Å². The van der Waals surface area contributed by atoms with Crippen LogP contribution in [0.4, 0.5) is 5.69 Å². The first-order valence-corrected chi connectivity index (χ1v) is 9.94. The molecule has 0 bridgehead atoms. The molecular formula is C26H16N2O3. The molecule has 5 heteroatoms. The number of carbonyl (C=O) groups is 1. The molecule has 6 aromatic rings. The van der Waals surface area contributed by atoms with Gasteiger partial charge in [0.2, 0.25) is 5.89 Å². The summed E-state index contributed by atoms with van der Waals surface area (Å²) in [6.45, 7) is 0. The predicted octanol–water partition coefficient (Wildman–Crippen LogP) is 6.65. The molecule has 2 heterocycles. The molecule has 0 radical (unpaired) electrons. The summed E-state index contributed by atoms with van der Waals surface area (Å²) in [5, 5.41) is 5.94. The molecule has 5 nitrogen and oxygen atoms in total. The fourth-order valence-corrected chi connectivity index (χ4v) is 3.83. The lowest BCUT2D eigenvalue weighted by Crippen LogP contribution is -2.11. The predicted molar refractivity (Wildman–Crippen MR) is 121 cm³/mol. The molecule has 0 saturated heterocycles. The van der Waals surface area contributed by atoms with Crippen LogP contribution < -0.4 is 5.32 Å². The molecule has 0 unspecified atom stereocenters. The molecule has 0 spiro atoms. The molecule has 0 fully saturated rings. The summed E-state index contributed by atoms with van der Waals surface area (Å²) in [6.07, 6.45) is 0. The van der Waals surface area contributed by atoms with Gasteiger partial charge >= 0.3 is 0 Å². The van der Waals surface area contributed by atoms with Gasteiger partial charge in [-0.2, -0.15) is 0 Å². The Morgan fingerprint density at radius 2 is 1.52 bits per heavy atom. The van der Waals surface area contributed by atoms with Crippen molar-refractivity contribution in [1.82, 2.24) is 4.98 Å². The zero-order valence-electron chi connectivity index (χ0n) is 16.3. The molecule has 0 aliphatic carbocycles. The minimum absolute atomic E-state index is 0.250. The summed E-state index contributed by atoms with van der Waals surface area (Å²) in [5.41, 5.74) is 3.47. The zero-order valence-corrected chi connectivity index (χ0v) is 16.3. The monoisotopic (exact) mass is 404 g/mol. The second kappa shape index (κ2) is 6.85. The van der Waals surface area contributed by atoms with Crippen molar-refractivity contribution in [1.29, 1.82) is 0 Å². The van der Waals surface area contributed by atoms with Gasteiger partial charge in [-0.15, -0.1) is 0 Å². The molecule has 148 valence electrons. The number of amides is 1. The Kier molecular flexibility index (Phi) is 3.86. The van der Waals surface area contributed by atoms with E-state index in [-0.39, 0.29) is 11.7 Å². The van der Waals surface area contributed by atoms with E-state index in [0.29, 0.717) is 28.3 Å². The number of fused-ring (bicyclic) bond motifs is 4. The molecule has 6 rings (SSSR count). The van der Waals surface area contributed by atoms with Gasteiger partial charge in [0.05, 0.1) is 11.3 Å². The first-order chi connectivity index (χ1) is 15.3. The lowest BCUT2D eigenvalue weighted by atomic mass is 10.1. The molecule has 31 heavy (non-hydrogen) atoms. The second-order valence-corrected chi connectivity index (χ2v) is 7.30.